The fourth-order valence-corrected chi connectivity index (χ4v) is 1.43. The van der Waals surface area contributed by atoms with Crippen LogP contribution < -0.4 is 0 Å². The van der Waals surface area contributed by atoms with Crippen LogP contribution >= 0.6 is 0 Å². The third kappa shape index (κ3) is 5.95. The zero-order chi connectivity index (χ0) is 22.0. The van der Waals surface area contributed by atoms with Gasteiger partial charge in [0.05, 0.1) is 6.61 Å². The van der Waals surface area contributed by atoms with Crippen molar-refractivity contribution in [2.75, 3.05) is 26.9 Å². The minimum Gasteiger partial charge on any atom is -0.430 e. The Morgan fingerprint density at radius 3 is 1.86 bits per heavy atom. The summed E-state index contributed by atoms with van der Waals surface area (Å²) in [6.45, 7) is -3.45. The maximum absolute atomic E-state index is 13.2. The highest BCUT2D eigenvalue weighted by molar-refractivity contribution is 5.61. The predicted octanol–water partition coefficient (Wildman–Crippen LogP) is 3.18. The van der Waals surface area contributed by atoms with Crippen molar-refractivity contribution in [3.63, 3.8) is 0 Å². The topological polar surface area (TPSA) is 72.5 Å². The van der Waals surface area contributed by atoms with Crippen molar-refractivity contribution in [1.82, 2.24) is 0 Å². The average molecular weight is 444 g/mol. The van der Waals surface area contributed by atoms with E-state index >= 15 is 0 Å². The molecule has 1 atom stereocenters. The van der Waals surface area contributed by atoms with Crippen LogP contribution in [0.15, 0.2) is 0 Å². The van der Waals surface area contributed by atoms with Gasteiger partial charge in [-0.05, 0) is 0 Å². The van der Waals surface area contributed by atoms with E-state index in [-0.39, 0.29) is 7.11 Å². The molecule has 7 nitrogen and oxygen atoms in total. The molecule has 1 saturated heterocycles. The van der Waals surface area contributed by atoms with E-state index in [1.807, 2.05) is 4.74 Å². The zero-order valence-corrected chi connectivity index (χ0v) is 13.3. The first-order valence-electron chi connectivity index (χ1n) is 6.70. The highest BCUT2D eigenvalue weighted by Gasteiger charge is 2.72. The summed E-state index contributed by atoms with van der Waals surface area (Å²) in [7, 11) is -0.0950. The molecule has 1 aliphatic rings. The normalized spacial score (nSPS) is 19.5. The third-order valence-electron chi connectivity index (χ3n) is 2.69. The molecule has 0 spiro atoms. The molecule has 1 rings (SSSR count). The quantitative estimate of drug-likeness (QED) is 0.358. The molecule has 0 aromatic carbocycles. The lowest BCUT2D eigenvalue weighted by Gasteiger charge is -2.32. The largest absolute Gasteiger partial charge is 0.508 e. The van der Waals surface area contributed by atoms with Gasteiger partial charge in [0.2, 0.25) is 0 Å². The maximum Gasteiger partial charge on any atom is 0.508 e. The number of ether oxygens (including phenoxy) is 6. The second-order valence-corrected chi connectivity index (χ2v) is 4.93. The third-order valence-corrected chi connectivity index (χ3v) is 2.69. The van der Waals surface area contributed by atoms with E-state index < -0.39 is 62.6 Å². The van der Waals surface area contributed by atoms with Gasteiger partial charge in [-0.25, -0.2) is 14.3 Å². The molecule has 17 heteroatoms. The van der Waals surface area contributed by atoms with Crippen LogP contribution in [0.4, 0.5) is 48.7 Å². The monoisotopic (exact) mass is 444 g/mol. The number of rotatable bonds is 11. The predicted molar refractivity (Wildman–Crippen MR) is 61.0 cm³/mol. The molecule has 0 bridgehead atoms. The Labute approximate surface area is 148 Å². The molecule has 166 valence electrons. The van der Waals surface area contributed by atoms with Crippen molar-refractivity contribution in [2.24, 2.45) is 0 Å². The highest BCUT2D eigenvalue weighted by Crippen LogP contribution is 2.47. The molecular formula is C11H10F10O7. The lowest BCUT2D eigenvalue weighted by molar-refractivity contribution is -0.544. The number of carbonyl (C=O) groups excluding carboxylic acids is 1. The van der Waals surface area contributed by atoms with Gasteiger partial charge in [0.15, 0.2) is 6.10 Å². The molecule has 0 N–H and O–H groups in total. The lowest BCUT2D eigenvalue weighted by Crippen LogP contribution is -2.56. The summed E-state index contributed by atoms with van der Waals surface area (Å²) >= 11 is 0. The van der Waals surface area contributed by atoms with Crippen LogP contribution in [-0.4, -0.2) is 69.7 Å². The molecule has 1 fully saturated rings. The highest BCUT2D eigenvalue weighted by atomic mass is 19.4. The molecule has 1 heterocycles. The zero-order valence-electron chi connectivity index (χ0n) is 13.3. The van der Waals surface area contributed by atoms with Crippen LogP contribution in [0.5, 0.6) is 0 Å². The van der Waals surface area contributed by atoms with Crippen LogP contribution in [0.1, 0.15) is 0 Å². The van der Waals surface area contributed by atoms with Crippen molar-refractivity contribution in [1.29, 1.82) is 0 Å². The Hall–Kier alpha value is -1.59. The maximum atomic E-state index is 13.2. The lowest BCUT2D eigenvalue weighted by atomic mass is 10.4. The van der Waals surface area contributed by atoms with Gasteiger partial charge in [-0.1, -0.05) is 0 Å². The fraction of sp³-hybridized carbons (Fsp3) is 0.909. The standard InChI is InChI=1S/C11H10F10O7/c1-23-8(14,15)9(16,17)28-11(20,21)10(18,19)27-7(12,13)4-24-2-5-3-25-6(22)26-5/h5H,2-4H2,1H3. The van der Waals surface area contributed by atoms with E-state index in [1.54, 1.807) is 0 Å². The van der Waals surface area contributed by atoms with Crippen LogP contribution in [-0.2, 0) is 28.4 Å². The van der Waals surface area contributed by atoms with Crippen molar-refractivity contribution in [3.05, 3.63) is 0 Å². The number of methoxy groups -OCH3 is 1. The minimum atomic E-state index is -6.66. The summed E-state index contributed by atoms with van der Waals surface area (Å²) in [5.41, 5.74) is 0. The molecule has 0 saturated carbocycles. The Morgan fingerprint density at radius 2 is 1.39 bits per heavy atom. The number of halogens is 10. The first-order valence-corrected chi connectivity index (χ1v) is 6.70. The molecule has 1 aliphatic heterocycles. The summed E-state index contributed by atoms with van der Waals surface area (Å²) in [5, 5.41) is 0. The summed E-state index contributed by atoms with van der Waals surface area (Å²) in [6.07, 6.45) is -33.0. The smallest absolute Gasteiger partial charge is 0.430 e. The SMILES string of the molecule is COC(F)(F)C(F)(F)OC(F)(F)C(F)(F)OC(F)(F)COCC1COC(=O)O1. The second kappa shape index (κ2) is 8.03. The number of carbonyl (C=O) groups is 1. The van der Waals surface area contributed by atoms with Crippen LogP contribution in [0.2, 0.25) is 0 Å². The summed E-state index contributed by atoms with van der Waals surface area (Å²) in [4.78, 5) is 10.5. The van der Waals surface area contributed by atoms with E-state index in [0.717, 1.165) is 0 Å². The summed E-state index contributed by atoms with van der Waals surface area (Å²) < 4.78 is 150. The Balaban J connectivity index is 2.70. The van der Waals surface area contributed by atoms with Crippen LogP contribution in [0.25, 0.3) is 0 Å². The van der Waals surface area contributed by atoms with E-state index in [2.05, 4.69) is 23.7 Å². The van der Waals surface area contributed by atoms with Crippen molar-refractivity contribution in [2.45, 2.75) is 36.6 Å². The second-order valence-electron chi connectivity index (χ2n) is 4.93. The van der Waals surface area contributed by atoms with Crippen molar-refractivity contribution < 1.29 is 77.1 Å². The number of hydrogen-bond donors (Lipinski definition) is 0. The molecule has 0 radical (unpaired) electrons. The van der Waals surface area contributed by atoms with Gasteiger partial charge in [0.25, 0.3) is 0 Å². The van der Waals surface area contributed by atoms with Gasteiger partial charge < -0.3 is 18.9 Å². The van der Waals surface area contributed by atoms with E-state index in [0.29, 0.717) is 0 Å². The number of hydrogen-bond acceptors (Lipinski definition) is 7. The first kappa shape index (κ1) is 24.4. The average Bonchev–Trinajstić information content (AvgIpc) is 2.90. The molecule has 0 aromatic heterocycles. The van der Waals surface area contributed by atoms with Gasteiger partial charge in [0.1, 0.15) is 13.2 Å². The van der Waals surface area contributed by atoms with Gasteiger partial charge in [-0.15, -0.1) is 0 Å². The van der Waals surface area contributed by atoms with Gasteiger partial charge in [-0.3, -0.25) is 0 Å². The minimum absolute atomic E-state index is 0.0950. The fourth-order valence-electron chi connectivity index (χ4n) is 1.43. The van der Waals surface area contributed by atoms with Gasteiger partial charge in [-0.2, -0.15) is 43.9 Å². The van der Waals surface area contributed by atoms with E-state index in [9.17, 15) is 48.7 Å². The first-order chi connectivity index (χ1) is 12.4. The molecule has 0 aliphatic carbocycles. The van der Waals surface area contributed by atoms with E-state index in [4.69, 9.17) is 0 Å². The molecule has 0 amide bonds. The number of alkyl halides is 10. The number of cyclic esters (lactones) is 2. The summed E-state index contributed by atoms with van der Waals surface area (Å²) in [5.74, 6) is 0. The molecule has 28 heavy (non-hydrogen) atoms. The van der Waals surface area contributed by atoms with E-state index in [1.165, 1.54) is 0 Å². The van der Waals surface area contributed by atoms with Gasteiger partial charge in [0, 0.05) is 7.11 Å². The molecule has 1 unspecified atom stereocenters. The van der Waals surface area contributed by atoms with Crippen molar-refractivity contribution >= 4 is 6.16 Å². The molecule has 0 aromatic rings. The Kier molecular flexibility index (Phi) is 7.02. The van der Waals surface area contributed by atoms with Gasteiger partial charge >= 0.3 is 36.7 Å². The van der Waals surface area contributed by atoms with Crippen molar-refractivity contribution in [3.8, 4) is 0 Å². The Bertz CT molecular complexity index is 556. The van der Waals surface area contributed by atoms with Crippen LogP contribution in [0, 0.1) is 0 Å². The molecular weight excluding hydrogens is 434 g/mol. The van der Waals surface area contributed by atoms with Crippen LogP contribution in [0.3, 0.4) is 0 Å². The Morgan fingerprint density at radius 1 is 0.893 bits per heavy atom. The summed E-state index contributed by atoms with van der Waals surface area (Å²) in [6, 6.07) is 0.